The van der Waals surface area contributed by atoms with Gasteiger partial charge < -0.3 is 15.2 Å². The smallest absolute Gasteiger partial charge is 0.255 e. The van der Waals surface area contributed by atoms with Gasteiger partial charge in [-0.25, -0.2) is 9.50 Å². The number of nitrogens with zero attached hydrogens (tertiary/aromatic N) is 4. The predicted octanol–water partition coefficient (Wildman–Crippen LogP) is 3.23. The lowest BCUT2D eigenvalue weighted by molar-refractivity contribution is 0.0910. The number of nitrogens with one attached hydrogen (secondary N) is 2. The number of hydrogen-bond acceptors (Lipinski definition) is 4. The van der Waals surface area contributed by atoms with Crippen LogP contribution in [0.2, 0.25) is 0 Å². The summed E-state index contributed by atoms with van der Waals surface area (Å²) < 4.78 is 1.77. The number of aromatic nitrogens is 4. The third-order valence-electron chi connectivity index (χ3n) is 6.46. The van der Waals surface area contributed by atoms with Gasteiger partial charge in [0.05, 0.1) is 17.3 Å². The van der Waals surface area contributed by atoms with Crippen molar-refractivity contribution in [2.24, 2.45) is 0 Å². The van der Waals surface area contributed by atoms with Crippen LogP contribution in [0.25, 0.3) is 27.7 Å². The molecule has 2 N–H and O–H groups in total. The number of amides is 1. The number of fused-ring (bicyclic) bond motifs is 2. The monoisotopic (exact) mass is 400 g/mol. The maximum absolute atomic E-state index is 13.0. The third kappa shape index (κ3) is 3.06. The van der Waals surface area contributed by atoms with E-state index in [1.54, 1.807) is 16.9 Å². The Bertz CT molecular complexity index is 1230. The van der Waals surface area contributed by atoms with Crippen LogP contribution in [0, 0.1) is 0 Å². The van der Waals surface area contributed by atoms with Gasteiger partial charge in [-0.2, -0.15) is 5.10 Å². The van der Waals surface area contributed by atoms with Crippen molar-refractivity contribution >= 4 is 22.5 Å². The van der Waals surface area contributed by atoms with Crippen LogP contribution in [0.15, 0.2) is 49.1 Å². The molecule has 1 saturated heterocycles. The van der Waals surface area contributed by atoms with Gasteiger partial charge in [0.25, 0.3) is 5.91 Å². The van der Waals surface area contributed by atoms with E-state index < -0.39 is 0 Å². The van der Waals surface area contributed by atoms with Crippen LogP contribution in [0.4, 0.5) is 0 Å². The summed E-state index contributed by atoms with van der Waals surface area (Å²) in [6.45, 7) is 2.17. The molecule has 152 valence electrons. The van der Waals surface area contributed by atoms with Crippen LogP contribution in [0.3, 0.4) is 0 Å². The number of hydrogen-bond donors (Lipinski definition) is 2. The average Bonchev–Trinajstić information content (AvgIpc) is 3.40. The number of carbonyl (C=O) groups is 1. The van der Waals surface area contributed by atoms with E-state index in [1.807, 2.05) is 30.6 Å². The van der Waals surface area contributed by atoms with E-state index in [-0.39, 0.29) is 11.9 Å². The Hall–Kier alpha value is -3.19. The molecule has 0 aromatic carbocycles. The third-order valence-corrected chi connectivity index (χ3v) is 6.46. The van der Waals surface area contributed by atoms with E-state index in [9.17, 15) is 4.79 Å². The fourth-order valence-electron chi connectivity index (χ4n) is 4.63. The Labute approximate surface area is 174 Å². The summed E-state index contributed by atoms with van der Waals surface area (Å²) in [5, 5.41) is 8.70. The second kappa shape index (κ2) is 6.95. The van der Waals surface area contributed by atoms with Gasteiger partial charge >= 0.3 is 0 Å². The molecular weight excluding hydrogens is 376 g/mol. The summed E-state index contributed by atoms with van der Waals surface area (Å²) in [5.41, 5.74) is 4.41. The minimum Gasteiger partial charge on any atom is -0.349 e. The largest absolute Gasteiger partial charge is 0.349 e. The number of carbonyl (C=O) groups excluding carboxylic acids is 1. The van der Waals surface area contributed by atoms with Crippen molar-refractivity contribution in [3.8, 4) is 11.1 Å². The summed E-state index contributed by atoms with van der Waals surface area (Å²) in [6, 6.07) is 9.09. The van der Waals surface area contributed by atoms with Crippen LogP contribution in [0.1, 0.15) is 36.0 Å². The van der Waals surface area contributed by atoms with Crippen LogP contribution < -0.4 is 5.32 Å². The van der Waals surface area contributed by atoms with E-state index in [4.69, 9.17) is 0 Å². The first-order valence-corrected chi connectivity index (χ1v) is 10.7. The van der Waals surface area contributed by atoms with E-state index in [2.05, 4.69) is 31.3 Å². The average molecular weight is 400 g/mol. The lowest BCUT2D eigenvalue weighted by Crippen LogP contribution is -2.45. The molecule has 1 amide bonds. The van der Waals surface area contributed by atoms with Gasteiger partial charge in [0.1, 0.15) is 5.65 Å². The van der Waals surface area contributed by atoms with Crippen molar-refractivity contribution in [3.63, 3.8) is 0 Å². The van der Waals surface area contributed by atoms with Gasteiger partial charge in [0.15, 0.2) is 0 Å². The molecule has 7 nitrogen and oxygen atoms in total. The van der Waals surface area contributed by atoms with Crippen LogP contribution in [0.5, 0.6) is 0 Å². The van der Waals surface area contributed by atoms with E-state index in [0.717, 1.165) is 59.7 Å². The summed E-state index contributed by atoms with van der Waals surface area (Å²) in [5.74, 6) is -0.0346. The molecule has 4 aromatic heterocycles. The van der Waals surface area contributed by atoms with E-state index in [0.29, 0.717) is 5.56 Å². The van der Waals surface area contributed by atoms with Crippen LogP contribution in [-0.4, -0.2) is 55.6 Å². The highest BCUT2D eigenvalue weighted by Crippen LogP contribution is 2.30. The highest BCUT2D eigenvalue weighted by Gasteiger charge is 2.32. The zero-order valence-electron chi connectivity index (χ0n) is 16.7. The Morgan fingerprint density at radius 2 is 2.03 bits per heavy atom. The van der Waals surface area contributed by atoms with Crippen LogP contribution >= 0.6 is 0 Å². The molecule has 1 aliphatic heterocycles. The van der Waals surface area contributed by atoms with Crippen LogP contribution in [-0.2, 0) is 0 Å². The second-order valence-corrected chi connectivity index (χ2v) is 8.42. The molecule has 2 fully saturated rings. The van der Waals surface area contributed by atoms with E-state index in [1.165, 1.54) is 12.8 Å². The number of likely N-dealkylation sites (tertiary alicyclic amines) is 1. The molecule has 0 atom stereocenters. The molecule has 5 heterocycles. The minimum atomic E-state index is -0.0346. The minimum absolute atomic E-state index is 0.0346. The molecule has 0 radical (unpaired) electrons. The Balaban J connectivity index is 1.26. The van der Waals surface area contributed by atoms with Gasteiger partial charge in [-0.05, 0) is 55.5 Å². The van der Waals surface area contributed by atoms with Gasteiger partial charge in [0.2, 0.25) is 0 Å². The molecule has 1 saturated carbocycles. The van der Waals surface area contributed by atoms with Crippen molar-refractivity contribution < 1.29 is 4.79 Å². The molecule has 30 heavy (non-hydrogen) atoms. The molecule has 2 aliphatic rings. The lowest BCUT2D eigenvalue weighted by Gasteiger charge is -2.32. The van der Waals surface area contributed by atoms with E-state index >= 15 is 0 Å². The molecule has 6 rings (SSSR count). The van der Waals surface area contributed by atoms with Gasteiger partial charge in [-0.15, -0.1) is 0 Å². The Kier molecular flexibility index (Phi) is 4.09. The number of pyridine rings is 2. The van der Waals surface area contributed by atoms with Gasteiger partial charge in [-0.1, -0.05) is 0 Å². The molecule has 0 spiro atoms. The normalized spacial score (nSPS) is 18.3. The summed E-state index contributed by atoms with van der Waals surface area (Å²) in [4.78, 5) is 23.2. The molecule has 0 bridgehead atoms. The summed E-state index contributed by atoms with van der Waals surface area (Å²) in [6.07, 6.45) is 12.1. The first kappa shape index (κ1) is 17.7. The van der Waals surface area contributed by atoms with Gasteiger partial charge in [-0.3, -0.25) is 4.79 Å². The topological polar surface area (TPSA) is 78.3 Å². The van der Waals surface area contributed by atoms with Crippen molar-refractivity contribution in [2.45, 2.75) is 37.8 Å². The first-order chi connectivity index (χ1) is 14.8. The zero-order valence-corrected chi connectivity index (χ0v) is 16.7. The van der Waals surface area contributed by atoms with Gasteiger partial charge in [0, 0.05) is 54.7 Å². The molecule has 7 heteroatoms. The predicted molar refractivity (Wildman–Crippen MR) is 115 cm³/mol. The number of aromatic amines is 1. The standard InChI is InChI=1S/C23H24N6O/c30-23(27-16-6-9-28(10-7-16)17-3-4-17)20-14-26-29-11-5-15(12-21(20)29)19-13-25-22-18(19)2-1-8-24-22/h1-2,5,8,11-14,16-17H,3-4,6-7,9-10H2,(H,24,25)(H,27,30). The summed E-state index contributed by atoms with van der Waals surface area (Å²) in [7, 11) is 0. The first-order valence-electron chi connectivity index (χ1n) is 10.7. The zero-order chi connectivity index (χ0) is 20.1. The Morgan fingerprint density at radius 3 is 2.87 bits per heavy atom. The molecule has 0 unspecified atom stereocenters. The van der Waals surface area contributed by atoms with Crippen molar-refractivity contribution in [1.82, 2.24) is 29.8 Å². The fraction of sp³-hybridized carbons (Fsp3) is 0.348. The number of H-pyrrole nitrogens is 1. The highest BCUT2D eigenvalue weighted by molar-refractivity contribution is 6.02. The highest BCUT2D eigenvalue weighted by atomic mass is 16.1. The summed E-state index contributed by atoms with van der Waals surface area (Å²) >= 11 is 0. The number of rotatable bonds is 4. The Morgan fingerprint density at radius 1 is 1.17 bits per heavy atom. The quantitative estimate of drug-likeness (QED) is 0.551. The van der Waals surface area contributed by atoms with Crippen molar-refractivity contribution in [3.05, 3.63) is 54.6 Å². The second-order valence-electron chi connectivity index (χ2n) is 8.42. The molecule has 1 aliphatic carbocycles. The maximum atomic E-state index is 13.0. The fourth-order valence-corrected chi connectivity index (χ4v) is 4.63. The maximum Gasteiger partial charge on any atom is 0.255 e. The number of piperidine rings is 1. The lowest BCUT2D eigenvalue weighted by atomic mass is 10.0. The van der Waals surface area contributed by atoms with Crippen molar-refractivity contribution in [1.29, 1.82) is 0 Å². The SMILES string of the molecule is O=C(NC1CCN(C2CC2)CC1)c1cnn2ccc(-c3c[nH]c4ncccc34)cc12. The molecule has 4 aromatic rings. The molecular formula is C23H24N6O. The van der Waals surface area contributed by atoms with Crippen molar-refractivity contribution in [2.75, 3.05) is 13.1 Å².